The van der Waals surface area contributed by atoms with Crippen LogP contribution in [0.4, 0.5) is 9.59 Å². The molecule has 0 bridgehead atoms. The van der Waals surface area contributed by atoms with Gasteiger partial charge in [0.2, 0.25) is 11.8 Å². The van der Waals surface area contributed by atoms with Gasteiger partial charge >= 0.3 is 12.2 Å². The Morgan fingerprint density at radius 1 is 0.710 bits per heavy atom. The molecule has 326 valence electrons. The lowest BCUT2D eigenvalue weighted by molar-refractivity contribution is -0.136. The van der Waals surface area contributed by atoms with E-state index in [9.17, 15) is 19.2 Å². The summed E-state index contributed by atoms with van der Waals surface area (Å²) in [5, 5.41) is 7.85. The third kappa shape index (κ3) is 8.18. The van der Waals surface area contributed by atoms with E-state index >= 15 is 0 Å². The molecule has 62 heavy (non-hydrogen) atoms. The fraction of sp³-hybridized carbons (Fsp3) is 0.489. The highest BCUT2D eigenvalue weighted by Gasteiger charge is 2.47. The van der Waals surface area contributed by atoms with E-state index in [4.69, 9.17) is 19.4 Å². The maximum atomic E-state index is 14.2. The third-order valence-corrected chi connectivity index (χ3v) is 16.7. The van der Waals surface area contributed by atoms with Crippen LogP contribution in [-0.4, -0.2) is 101 Å². The minimum atomic E-state index is -1.76. The Labute approximate surface area is 362 Å². The molecule has 5 aromatic rings. The van der Waals surface area contributed by atoms with Gasteiger partial charge in [0.1, 0.15) is 23.7 Å². The number of hydrogen-bond donors (Lipinski definition) is 4. The monoisotopic (exact) mass is 858 g/mol. The SMILES string of the molecule is COC(=O)N[C@H](C(=O)N1C[Si](C)(C)C[C@@H]1c1ncc(-c2ccc(-c3ccc4c(ccc5[nH]c([C@H]6CCCN6C(=O)[C@H](NC(=O)OC)C6CCCC6)nc54)c3)cc2)[nH]1)C1CCCC1. The number of nitrogens with zero attached hydrogens (tertiary/aromatic N) is 4. The Morgan fingerprint density at radius 3 is 1.97 bits per heavy atom. The molecule has 4 aliphatic rings. The number of alkyl carbamates (subject to hydrolysis) is 2. The first-order valence-corrected chi connectivity index (χ1v) is 25.8. The van der Waals surface area contributed by atoms with Gasteiger partial charge in [0, 0.05) is 18.1 Å². The molecule has 2 aliphatic carbocycles. The third-order valence-electron chi connectivity index (χ3n) is 14.0. The van der Waals surface area contributed by atoms with E-state index in [1.807, 2.05) is 16.0 Å². The normalized spacial score (nSPS) is 21.4. The first kappa shape index (κ1) is 41.6. The number of carbonyl (C=O) groups is 4. The number of fused-ring (bicyclic) bond motifs is 3. The maximum absolute atomic E-state index is 14.2. The summed E-state index contributed by atoms with van der Waals surface area (Å²) >= 11 is 0. The van der Waals surface area contributed by atoms with Crippen molar-refractivity contribution in [3.05, 3.63) is 72.4 Å². The average molecular weight is 859 g/mol. The molecule has 4 amide bonds. The summed E-state index contributed by atoms with van der Waals surface area (Å²) in [7, 11) is 0.916. The molecular weight excluding hydrogens is 801 g/mol. The van der Waals surface area contributed by atoms with E-state index in [-0.39, 0.29) is 35.7 Å². The number of benzene rings is 3. The highest BCUT2D eigenvalue weighted by Crippen LogP contribution is 2.41. The predicted octanol–water partition coefficient (Wildman–Crippen LogP) is 8.40. The first-order valence-electron chi connectivity index (χ1n) is 22.4. The number of amides is 4. The molecule has 3 aromatic carbocycles. The summed E-state index contributed by atoms with van der Waals surface area (Å²) in [6.45, 7) is 5.24. The molecule has 0 radical (unpaired) electrons. The molecule has 2 aliphatic heterocycles. The number of aromatic nitrogens is 4. The van der Waals surface area contributed by atoms with Gasteiger partial charge in [-0.2, -0.15) is 0 Å². The van der Waals surface area contributed by atoms with Gasteiger partial charge in [-0.3, -0.25) is 9.59 Å². The van der Waals surface area contributed by atoms with Gasteiger partial charge in [0.05, 0.1) is 57.3 Å². The zero-order chi connectivity index (χ0) is 43.1. The minimum absolute atomic E-state index is 0.0391. The molecule has 4 atom stereocenters. The van der Waals surface area contributed by atoms with Crippen LogP contribution < -0.4 is 10.6 Å². The van der Waals surface area contributed by atoms with E-state index in [2.05, 4.69) is 88.3 Å². The second-order valence-electron chi connectivity index (χ2n) is 18.6. The van der Waals surface area contributed by atoms with Crippen molar-refractivity contribution in [3.8, 4) is 22.4 Å². The molecule has 0 spiro atoms. The fourth-order valence-corrected chi connectivity index (χ4v) is 13.7. The topological polar surface area (TPSA) is 175 Å². The van der Waals surface area contributed by atoms with Gasteiger partial charge in [0.15, 0.2) is 0 Å². The number of hydrogen-bond acceptors (Lipinski definition) is 8. The number of H-pyrrole nitrogens is 2. The molecule has 9 rings (SSSR count). The number of aromatic amines is 2. The van der Waals surface area contributed by atoms with Crippen molar-refractivity contribution in [3.63, 3.8) is 0 Å². The zero-order valence-corrected chi connectivity index (χ0v) is 37.2. The predicted molar refractivity (Wildman–Crippen MR) is 240 cm³/mol. The number of methoxy groups -OCH3 is 2. The van der Waals surface area contributed by atoms with E-state index in [1.54, 1.807) is 0 Å². The highest BCUT2D eigenvalue weighted by molar-refractivity contribution is 6.78. The summed E-state index contributed by atoms with van der Waals surface area (Å²) in [6, 6.07) is 18.3. The van der Waals surface area contributed by atoms with Gasteiger partial charge in [-0.05, 0) is 90.6 Å². The van der Waals surface area contributed by atoms with Crippen molar-refractivity contribution < 1.29 is 28.7 Å². The second-order valence-corrected chi connectivity index (χ2v) is 23.7. The molecule has 14 nitrogen and oxygen atoms in total. The Morgan fingerprint density at radius 2 is 1.32 bits per heavy atom. The van der Waals surface area contributed by atoms with Crippen LogP contribution in [-0.2, 0) is 19.1 Å². The van der Waals surface area contributed by atoms with Crippen LogP contribution in [0.5, 0.6) is 0 Å². The molecular formula is C47H58N8O6Si. The van der Waals surface area contributed by atoms with Gasteiger partial charge in [-0.25, -0.2) is 19.6 Å². The zero-order valence-electron chi connectivity index (χ0n) is 36.2. The van der Waals surface area contributed by atoms with Crippen molar-refractivity contribution in [2.24, 2.45) is 11.8 Å². The summed E-state index contributed by atoms with van der Waals surface area (Å²) in [6.07, 6.45) is 11.0. The lowest BCUT2D eigenvalue weighted by Crippen LogP contribution is -2.52. The van der Waals surface area contributed by atoms with E-state index in [1.165, 1.54) is 14.2 Å². The van der Waals surface area contributed by atoms with Crippen molar-refractivity contribution in [1.29, 1.82) is 0 Å². The number of carbonyl (C=O) groups excluding carboxylic acids is 4. The largest absolute Gasteiger partial charge is 0.453 e. The Kier molecular flexibility index (Phi) is 11.6. The minimum Gasteiger partial charge on any atom is -0.453 e. The lowest BCUT2D eigenvalue weighted by Gasteiger charge is -2.31. The molecule has 4 fully saturated rings. The Bertz CT molecular complexity index is 2470. The van der Waals surface area contributed by atoms with Crippen LogP contribution in [0.25, 0.3) is 44.2 Å². The number of ether oxygens (including phenoxy) is 2. The van der Waals surface area contributed by atoms with Crippen LogP contribution in [0.15, 0.2) is 60.8 Å². The Balaban J connectivity index is 0.916. The van der Waals surface area contributed by atoms with Crippen LogP contribution in [0.2, 0.25) is 19.1 Å². The van der Waals surface area contributed by atoms with Gasteiger partial charge in [-0.15, -0.1) is 0 Å². The van der Waals surface area contributed by atoms with Crippen molar-refractivity contribution in [2.45, 2.75) is 108 Å². The molecule has 4 N–H and O–H groups in total. The fourth-order valence-electron chi connectivity index (χ4n) is 10.8. The number of imidazole rings is 2. The quantitative estimate of drug-likeness (QED) is 0.101. The summed E-state index contributed by atoms with van der Waals surface area (Å²) in [5.41, 5.74) is 5.83. The van der Waals surface area contributed by atoms with Crippen LogP contribution >= 0.6 is 0 Å². The smallest absolute Gasteiger partial charge is 0.407 e. The van der Waals surface area contributed by atoms with Crippen molar-refractivity contribution in [1.82, 2.24) is 40.4 Å². The van der Waals surface area contributed by atoms with Gasteiger partial charge in [0.25, 0.3) is 0 Å². The maximum Gasteiger partial charge on any atom is 0.407 e. The number of likely N-dealkylation sites (tertiary alicyclic amines) is 1. The number of nitrogens with one attached hydrogen (secondary N) is 4. The van der Waals surface area contributed by atoms with E-state index < -0.39 is 32.3 Å². The van der Waals surface area contributed by atoms with Crippen molar-refractivity contribution >= 4 is 53.9 Å². The molecule has 4 heterocycles. The highest BCUT2D eigenvalue weighted by atomic mass is 28.3. The molecule has 15 heteroatoms. The van der Waals surface area contributed by atoms with Crippen LogP contribution in [0.1, 0.15) is 87.9 Å². The lowest BCUT2D eigenvalue weighted by atomic mass is 9.96. The summed E-state index contributed by atoms with van der Waals surface area (Å²) in [4.78, 5) is 73.9. The standard InChI is InChI=1S/C47H58N8O6Si/c1-60-46(58)52-39(30-10-5-6-11-30)44(56)54-23-9-14-37(54)43-49-35-22-20-33-24-32(19-21-34(33)41(35)51-43)28-15-17-29(18-16-28)36-25-48-42(50-36)38-26-62(3,4)27-55(38)45(57)40(53-47(59)61-2)31-12-7-8-13-31/h15-22,24-25,30-31,37-40H,5-14,23,26-27H2,1-4H3,(H,48,50)(H,49,51)(H,52,58)(H,53,59)/t37-,38-,39-,40+/m1/s1. The van der Waals surface area contributed by atoms with Crippen molar-refractivity contribution in [2.75, 3.05) is 26.9 Å². The molecule has 2 saturated carbocycles. The van der Waals surface area contributed by atoms with Gasteiger partial charge < -0.3 is 39.9 Å². The number of rotatable bonds is 10. The molecule has 2 saturated heterocycles. The van der Waals surface area contributed by atoms with E-state index in [0.29, 0.717) is 12.7 Å². The second kappa shape index (κ2) is 17.2. The molecule has 2 aromatic heterocycles. The molecule has 0 unspecified atom stereocenters. The van der Waals surface area contributed by atoms with E-state index in [0.717, 1.165) is 126 Å². The summed E-state index contributed by atoms with van der Waals surface area (Å²) < 4.78 is 9.83. The summed E-state index contributed by atoms with van der Waals surface area (Å²) in [5.74, 6) is 1.65. The average Bonchev–Trinajstić information content (AvgIpc) is 4.14. The van der Waals surface area contributed by atoms with Crippen LogP contribution in [0, 0.1) is 11.8 Å². The Hall–Kier alpha value is -5.70. The van der Waals surface area contributed by atoms with Gasteiger partial charge in [-0.1, -0.05) is 81.2 Å². The first-order chi connectivity index (χ1) is 30.0. The van der Waals surface area contributed by atoms with Crippen LogP contribution in [0.3, 0.4) is 0 Å².